The maximum atomic E-state index is 9.21. The molecule has 1 saturated carbocycles. The van der Waals surface area contributed by atoms with E-state index in [2.05, 4.69) is 11.4 Å². The Labute approximate surface area is 94.7 Å². The molecular formula is C12H15N3O. The molecule has 1 aromatic carbocycles. The molecule has 1 fully saturated rings. The van der Waals surface area contributed by atoms with E-state index in [1.165, 1.54) is 0 Å². The van der Waals surface area contributed by atoms with Crippen molar-refractivity contribution >= 4 is 11.4 Å². The molecule has 0 heterocycles. The Morgan fingerprint density at radius 2 is 2.25 bits per heavy atom. The first-order valence-corrected chi connectivity index (χ1v) is 5.33. The molecule has 16 heavy (non-hydrogen) atoms. The zero-order valence-electron chi connectivity index (χ0n) is 9.03. The summed E-state index contributed by atoms with van der Waals surface area (Å²) in [6.45, 7) is 0.144. The van der Waals surface area contributed by atoms with Crippen molar-refractivity contribution in [2.45, 2.75) is 24.8 Å². The molecule has 0 aromatic heterocycles. The average Bonchev–Trinajstić information content (AvgIpc) is 3.04. The van der Waals surface area contributed by atoms with Crippen molar-refractivity contribution < 1.29 is 5.11 Å². The van der Waals surface area contributed by atoms with Crippen molar-refractivity contribution in [2.24, 2.45) is 0 Å². The molecule has 0 bridgehead atoms. The third-order valence-electron chi connectivity index (χ3n) is 2.98. The van der Waals surface area contributed by atoms with Gasteiger partial charge in [0.15, 0.2) is 0 Å². The Hall–Kier alpha value is -1.73. The third-order valence-corrected chi connectivity index (χ3v) is 2.98. The zero-order chi connectivity index (χ0) is 11.6. The lowest BCUT2D eigenvalue weighted by Gasteiger charge is -2.16. The monoisotopic (exact) mass is 217 g/mol. The first-order chi connectivity index (χ1) is 7.69. The van der Waals surface area contributed by atoms with Crippen molar-refractivity contribution in [1.29, 1.82) is 5.26 Å². The largest absolute Gasteiger partial charge is 0.398 e. The minimum atomic E-state index is -0.139. The van der Waals surface area contributed by atoms with Gasteiger partial charge in [0.1, 0.15) is 0 Å². The van der Waals surface area contributed by atoms with Gasteiger partial charge in [0.2, 0.25) is 0 Å². The second kappa shape index (κ2) is 4.03. The summed E-state index contributed by atoms with van der Waals surface area (Å²) in [5, 5.41) is 21.2. The van der Waals surface area contributed by atoms with Crippen LogP contribution >= 0.6 is 0 Å². The highest BCUT2D eigenvalue weighted by Gasteiger charge is 2.41. The van der Waals surface area contributed by atoms with Crippen LogP contribution in [0.25, 0.3) is 0 Å². The summed E-state index contributed by atoms with van der Waals surface area (Å²) in [7, 11) is 0. The van der Waals surface area contributed by atoms with Crippen LogP contribution in [-0.4, -0.2) is 17.3 Å². The smallest absolute Gasteiger partial charge is 0.0670 e. The molecule has 0 aliphatic heterocycles. The van der Waals surface area contributed by atoms with Crippen LogP contribution in [0.5, 0.6) is 0 Å². The van der Waals surface area contributed by atoms with Gasteiger partial charge in [-0.3, -0.25) is 0 Å². The molecule has 0 radical (unpaired) electrons. The van der Waals surface area contributed by atoms with Crippen LogP contribution in [0, 0.1) is 11.3 Å². The average molecular weight is 217 g/mol. The normalized spacial score (nSPS) is 16.5. The summed E-state index contributed by atoms with van der Waals surface area (Å²) in [4.78, 5) is 0. The molecule has 84 valence electrons. The Bertz CT molecular complexity index is 432. The van der Waals surface area contributed by atoms with Gasteiger partial charge in [0.05, 0.1) is 24.6 Å². The summed E-state index contributed by atoms with van der Waals surface area (Å²) >= 11 is 0. The fourth-order valence-electron chi connectivity index (χ4n) is 1.70. The number of hydrogen-bond acceptors (Lipinski definition) is 4. The minimum Gasteiger partial charge on any atom is -0.398 e. The number of anilines is 2. The maximum absolute atomic E-state index is 9.21. The van der Waals surface area contributed by atoms with Crippen LogP contribution in [0.4, 0.5) is 11.4 Å². The molecule has 0 amide bonds. The van der Waals surface area contributed by atoms with Crippen LogP contribution in [0.15, 0.2) is 18.2 Å². The van der Waals surface area contributed by atoms with E-state index in [0.29, 0.717) is 12.1 Å². The minimum absolute atomic E-state index is 0.139. The van der Waals surface area contributed by atoms with Gasteiger partial charge in [-0.15, -0.1) is 0 Å². The van der Waals surface area contributed by atoms with Gasteiger partial charge in [0.25, 0.3) is 0 Å². The second-order valence-electron chi connectivity index (χ2n) is 4.31. The Morgan fingerprint density at radius 3 is 2.81 bits per heavy atom. The van der Waals surface area contributed by atoms with Crippen molar-refractivity contribution in [3.05, 3.63) is 23.8 Å². The Balaban J connectivity index is 2.16. The van der Waals surface area contributed by atoms with Gasteiger partial charge in [-0.05, 0) is 36.6 Å². The number of nitrogens with zero attached hydrogens (tertiary/aromatic N) is 1. The summed E-state index contributed by atoms with van der Waals surface area (Å²) in [6, 6.07) is 7.65. The Morgan fingerprint density at radius 1 is 1.50 bits per heavy atom. The molecule has 4 N–H and O–H groups in total. The number of nitrogens with two attached hydrogens (primary N) is 1. The molecule has 2 rings (SSSR count). The van der Waals surface area contributed by atoms with Crippen molar-refractivity contribution in [3.8, 4) is 6.07 Å². The number of rotatable bonds is 4. The van der Waals surface area contributed by atoms with E-state index >= 15 is 0 Å². The van der Waals surface area contributed by atoms with Gasteiger partial charge in [-0.2, -0.15) is 5.26 Å². The molecule has 0 spiro atoms. The van der Waals surface area contributed by atoms with E-state index in [-0.39, 0.29) is 12.1 Å². The molecular weight excluding hydrogens is 202 g/mol. The number of nitrogen functional groups attached to an aromatic ring is 1. The standard InChI is InChI=1S/C12H15N3O/c13-6-3-9-7-10(1-2-11(9)14)15-12(8-16)4-5-12/h1-2,7,15-16H,3-5,8,14H2. The Kier molecular flexibility index (Phi) is 2.71. The summed E-state index contributed by atoms with van der Waals surface area (Å²) in [5.74, 6) is 0. The van der Waals surface area contributed by atoms with Crippen LogP contribution < -0.4 is 11.1 Å². The SMILES string of the molecule is N#CCc1cc(NC2(CO)CC2)ccc1N. The molecule has 4 heteroatoms. The molecule has 1 aromatic rings. The molecule has 1 aliphatic carbocycles. The number of benzene rings is 1. The highest BCUT2D eigenvalue weighted by molar-refractivity contribution is 5.59. The number of nitriles is 1. The van der Waals surface area contributed by atoms with Crippen molar-refractivity contribution in [3.63, 3.8) is 0 Å². The number of aliphatic hydroxyl groups excluding tert-OH is 1. The predicted molar refractivity (Wildman–Crippen MR) is 62.8 cm³/mol. The molecule has 0 saturated heterocycles. The summed E-state index contributed by atoms with van der Waals surface area (Å²) in [5.41, 5.74) is 8.02. The van der Waals surface area contributed by atoms with Crippen molar-refractivity contribution in [2.75, 3.05) is 17.7 Å². The van der Waals surface area contributed by atoms with Crippen LogP contribution in [0.1, 0.15) is 18.4 Å². The lowest BCUT2D eigenvalue weighted by atomic mass is 10.1. The zero-order valence-corrected chi connectivity index (χ0v) is 9.03. The van der Waals surface area contributed by atoms with Gasteiger partial charge < -0.3 is 16.2 Å². The highest BCUT2D eigenvalue weighted by Crippen LogP contribution is 2.38. The summed E-state index contributed by atoms with van der Waals surface area (Å²) in [6.07, 6.45) is 2.29. The quantitative estimate of drug-likeness (QED) is 0.663. The van der Waals surface area contributed by atoms with E-state index in [1.807, 2.05) is 12.1 Å². The molecule has 0 atom stereocenters. The van der Waals surface area contributed by atoms with Crippen LogP contribution in [0.2, 0.25) is 0 Å². The second-order valence-corrected chi connectivity index (χ2v) is 4.31. The van der Waals surface area contributed by atoms with Gasteiger partial charge in [-0.1, -0.05) is 0 Å². The van der Waals surface area contributed by atoms with Crippen LogP contribution in [0.3, 0.4) is 0 Å². The lowest BCUT2D eigenvalue weighted by Crippen LogP contribution is -2.25. The fourth-order valence-corrected chi connectivity index (χ4v) is 1.70. The van der Waals surface area contributed by atoms with Crippen LogP contribution in [-0.2, 0) is 6.42 Å². The first kappa shape index (κ1) is 10.8. The van der Waals surface area contributed by atoms with Crippen molar-refractivity contribution in [1.82, 2.24) is 0 Å². The van der Waals surface area contributed by atoms with Gasteiger partial charge >= 0.3 is 0 Å². The van der Waals surface area contributed by atoms with Gasteiger partial charge in [0, 0.05) is 11.4 Å². The summed E-state index contributed by atoms with van der Waals surface area (Å²) < 4.78 is 0. The van der Waals surface area contributed by atoms with E-state index < -0.39 is 0 Å². The molecule has 4 nitrogen and oxygen atoms in total. The van der Waals surface area contributed by atoms with E-state index in [1.54, 1.807) is 6.07 Å². The number of nitrogens with one attached hydrogen (secondary N) is 1. The third kappa shape index (κ3) is 2.10. The maximum Gasteiger partial charge on any atom is 0.0670 e. The van der Waals surface area contributed by atoms with E-state index in [9.17, 15) is 5.11 Å². The van der Waals surface area contributed by atoms with Gasteiger partial charge in [-0.25, -0.2) is 0 Å². The topological polar surface area (TPSA) is 82.1 Å². The number of hydrogen-bond donors (Lipinski definition) is 3. The molecule has 1 aliphatic rings. The van der Waals surface area contributed by atoms with E-state index in [4.69, 9.17) is 11.0 Å². The fraction of sp³-hybridized carbons (Fsp3) is 0.417. The molecule has 0 unspecified atom stereocenters. The lowest BCUT2D eigenvalue weighted by molar-refractivity contribution is 0.266. The highest BCUT2D eigenvalue weighted by atomic mass is 16.3. The number of aliphatic hydroxyl groups is 1. The first-order valence-electron chi connectivity index (χ1n) is 5.33. The van der Waals surface area contributed by atoms with E-state index in [0.717, 1.165) is 24.1 Å². The predicted octanol–water partition coefficient (Wildman–Crippen LogP) is 1.27.